The topological polar surface area (TPSA) is 67.5 Å². The molecule has 1 aromatic carbocycles. The molecule has 0 aliphatic rings. The molecule has 3 aromatic rings. The molecule has 0 fully saturated rings. The van der Waals surface area contributed by atoms with Gasteiger partial charge in [-0.15, -0.1) is 10.2 Å². The van der Waals surface area contributed by atoms with Gasteiger partial charge in [-0.05, 0) is 36.4 Å². The summed E-state index contributed by atoms with van der Waals surface area (Å²) in [7, 11) is 0. The van der Waals surface area contributed by atoms with E-state index in [1.54, 1.807) is 47.0 Å². The number of benzene rings is 1. The molecule has 2 heterocycles. The number of nitrogens with zero attached hydrogens (tertiary/aromatic N) is 3. The van der Waals surface area contributed by atoms with Gasteiger partial charge < -0.3 is 5.11 Å². The molecule has 0 spiro atoms. The number of carbonyl (C=O) groups excluding carboxylic acids is 1. The van der Waals surface area contributed by atoms with Crippen LogP contribution in [0.4, 0.5) is 0 Å². The van der Waals surface area contributed by atoms with E-state index in [0.717, 1.165) is 11.8 Å². The molecule has 0 saturated heterocycles. The minimum absolute atomic E-state index is 0.204. The summed E-state index contributed by atoms with van der Waals surface area (Å²) < 4.78 is 1.79. The van der Waals surface area contributed by atoms with E-state index in [0.29, 0.717) is 17.0 Å². The van der Waals surface area contributed by atoms with Gasteiger partial charge in [0.05, 0.1) is 0 Å². The van der Waals surface area contributed by atoms with E-state index in [-0.39, 0.29) is 5.75 Å². The number of hydrogen-bond donors (Lipinski definition) is 1. The lowest BCUT2D eigenvalue weighted by atomic mass is 10.2. The van der Waals surface area contributed by atoms with Crippen molar-refractivity contribution >= 4 is 11.9 Å². The van der Waals surface area contributed by atoms with Crippen LogP contribution in [-0.2, 0) is 0 Å². The summed E-state index contributed by atoms with van der Waals surface area (Å²) in [4.78, 5) is 10.7. The summed E-state index contributed by atoms with van der Waals surface area (Å²) in [5.74, 6) is 0.873. The van der Waals surface area contributed by atoms with Crippen LogP contribution in [0.5, 0.6) is 5.75 Å². The number of aromatic nitrogens is 3. The van der Waals surface area contributed by atoms with E-state index >= 15 is 0 Å². The first-order valence-corrected chi connectivity index (χ1v) is 5.37. The first-order chi connectivity index (χ1) is 8.78. The number of phenolic OH excluding ortho intramolecular Hbond substituents is 1. The summed E-state index contributed by atoms with van der Waals surface area (Å²) >= 11 is 0. The fourth-order valence-electron chi connectivity index (χ4n) is 1.79. The number of fused-ring (bicyclic) bond motifs is 1. The maximum absolute atomic E-state index is 10.7. The third kappa shape index (κ3) is 1.62. The van der Waals surface area contributed by atoms with Crippen LogP contribution < -0.4 is 0 Å². The Hall–Kier alpha value is -2.69. The lowest BCUT2D eigenvalue weighted by Gasteiger charge is -2.00. The van der Waals surface area contributed by atoms with Gasteiger partial charge >= 0.3 is 0 Å². The van der Waals surface area contributed by atoms with Crippen molar-refractivity contribution in [3.63, 3.8) is 0 Å². The molecule has 18 heavy (non-hydrogen) atoms. The molecule has 5 heteroatoms. The van der Waals surface area contributed by atoms with E-state index in [9.17, 15) is 9.90 Å². The number of aldehydes is 1. The molecule has 0 unspecified atom stereocenters. The second-order valence-electron chi connectivity index (χ2n) is 3.88. The number of hydrogen-bond acceptors (Lipinski definition) is 4. The maximum Gasteiger partial charge on any atom is 0.168 e. The predicted octanol–water partition coefficient (Wildman–Crippen LogP) is 1.91. The van der Waals surface area contributed by atoms with E-state index < -0.39 is 0 Å². The molecule has 0 aliphatic carbocycles. The van der Waals surface area contributed by atoms with Crippen molar-refractivity contribution in [2.45, 2.75) is 0 Å². The highest BCUT2D eigenvalue weighted by Gasteiger charge is 2.08. The Balaban J connectivity index is 2.18. The second kappa shape index (κ2) is 3.96. The van der Waals surface area contributed by atoms with Crippen LogP contribution >= 0.6 is 0 Å². The largest absolute Gasteiger partial charge is 0.508 e. The monoisotopic (exact) mass is 239 g/mol. The van der Waals surface area contributed by atoms with E-state index in [4.69, 9.17) is 0 Å². The van der Waals surface area contributed by atoms with Crippen molar-refractivity contribution in [2.75, 3.05) is 0 Å². The SMILES string of the molecule is O=Cc1ccn2c(-c3ccc(O)cc3)nnc2c1. The van der Waals surface area contributed by atoms with Gasteiger partial charge in [0.25, 0.3) is 0 Å². The van der Waals surface area contributed by atoms with Crippen LogP contribution in [0.3, 0.4) is 0 Å². The fraction of sp³-hybridized carbons (Fsp3) is 0. The minimum atomic E-state index is 0.204. The molecule has 3 rings (SSSR count). The molecule has 0 radical (unpaired) electrons. The maximum atomic E-state index is 10.7. The van der Waals surface area contributed by atoms with Gasteiger partial charge in [-0.3, -0.25) is 9.20 Å². The molecular weight excluding hydrogens is 230 g/mol. The Labute approximate surface area is 102 Å². The summed E-state index contributed by atoms with van der Waals surface area (Å²) in [5.41, 5.74) is 2.02. The predicted molar refractivity (Wildman–Crippen MR) is 65.5 cm³/mol. The van der Waals surface area contributed by atoms with Crippen molar-refractivity contribution in [3.8, 4) is 17.1 Å². The van der Waals surface area contributed by atoms with Crippen LogP contribution in [0, 0.1) is 0 Å². The number of aromatic hydroxyl groups is 1. The highest BCUT2D eigenvalue weighted by atomic mass is 16.3. The lowest BCUT2D eigenvalue weighted by molar-refractivity contribution is 0.112. The highest BCUT2D eigenvalue weighted by Crippen LogP contribution is 2.21. The number of rotatable bonds is 2. The van der Waals surface area contributed by atoms with Crippen LogP contribution in [0.2, 0.25) is 0 Å². The van der Waals surface area contributed by atoms with Crippen molar-refractivity contribution < 1.29 is 9.90 Å². The van der Waals surface area contributed by atoms with Crippen LogP contribution in [-0.4, -0.2) is 26.0 Å². The zero-order chi connectivity index (χ0) is 12.5. The Bertz CT molecular complexity index is 717. The zero-order valence-electron chi connectivity index (χ0n) is 9.32. The second-order valence-corrected chi connectivity index (χ2v) is 3.88. The molecule has 1 N–H and O–H groups in total. The first kappa shape index (κ1) is 10.5. The number of carbonyl (C=O) groups is 1. The minimum Gasteiger partial charge on any atom is -0.508 e. The third-order valence-electron chi connectivity index (χ3n) is 2.70. The lowest BCUT2D eigenvalue weighted by Crippen LogP contribution is -1.90. The van der Waals surface area contributed by atoms with Gasteiger partial charge in [-0.25, -0.2) is 0 Å². The molecule has 0 saturated carbocycles. The van der Waals surface area contributed by atoms with Gasteiger partial charge in [-0.1, -0.05) is 0 Å². The van der Waals surface area contributed by atoms with E-state index in [1.807, 2.05) is 0 Å². The van der Waals surface area contributed by atoms with Crippen LogP contribution in [0.1, 0.15) is 10.4 Å². The van der Waals surface area contributed by atoms with Gasteiger partial charge in [0, 0.05) is 17.3 Å². The summed E-state index contributed by atoms with van der Waals surface area (Å²) in [5, 5.41) is 17.4. The fourth-order valence-corrected chi connectivity index (χ4v) is 1.79. The average Bonchev–Trinajstić information content (AvgIpc) is 2.82. The van der Waals surface area contributed by atoms with Crippen LogP contribution in [0.25, 0.3) is 17.0 Å². The third-order valence-corrected chi connectivity index (χ3v) is 2.70. The first-order valence-electron chi connectivity index (χ1n) is 5.37. The van der Waals surface area contributed by atoms with E-state index in [1.165, 1.54) is 0 Å². The molecule has 0 atom stereocenters. The molecule has 0 amide bonds. The molecular formula is C13H9N3O2. The summed E-state index contributed by atoms with van der Waals surface area (Å²) in [6, 6.07) is 10.1. The Morgan fingerprint density at radius 3 is 2.61 bits per heavy atom. The van der Waals surface area contributed by atoms with E-state index in [2.05, 4.69) is 10.2 Å². The van der Waals surface area contributed by atoms with Gasteiger partial charge in [-0.2, -0.15) is 0 Å². The molecule has 0 bridgehead atoms. The smallest absolute Gasteiger partial charge is 0.168 e. The Morgan fingerprint density at radius 2 is 1.89 bits per heavy atom. The van der Waals surface area contributed by atoms with Crippen LogP contribution in [0.15, 0.2) is 42.6 Å². The molecule has 2 aromatic heterocycles. The van der Waals surface area contributed by atoms with Gasteiger partial charge in [0.15, 0.2) is 11.5 Å². The zero-order valence-corrected chi connectivity index (χ0v) is 9.32. The Kier molecular flexibility index (Phi) is 2.30. The van der Waals surface area contributed by atoms with Crippen molar-refractivity contribution in [2.24, 2.45) is 0 Å². The quantitative estimate of drug-likeness (QED) is 0.694. The van der Waals surface area contributed by atoms with Gasteiger partial charge in [0.2, 0.25) is 0 Å². The van der Waals surface area contributed by atoms with Crippen molar-refractivity contribution in [1.29, 1.82) is 0 Å². The summed E-state index contributed by atoms with van der Waals surface area (Å²) in [6.07, 6.45) is 2.52. The standard InChI is InChI=1S/C13H9N3O2/c17-8-9-5-6-16-12(7-9)14-15-13(16)10-1-3-11(18)4-2-10/h1-8,18H. The number of phenols is 1. The summed E-state index contributed by atoms with van der Waals surface area (Å²) in [6.45, 7) is 0. The van der Waals surface area contributed by atoms with Gasteiger partial charge in [0.1, 0.15) is 12.0 Å². The average molecular weight is 239 g/mol. The number of pyridine rings is 1. The highest BCUT2D eigenvalue weighted by molar-refractivity contribution is 5.77. The van der Waals surface area contributed by atoms with Crippen molar-refractivity contribution in [3.05, 3.63) is 48.2 Å². The molecule has 88 valence electrons. The Morgan fingerprint density at radius 1 is 1.11 bits per heavy atom. The molecule has 0 aliphatic heterocycles. The normalized spacial score (nSPS) is 10.7. The van der Waals surface area contributed by atoms with Crippen molar-refractivity contribution in [1.82, 2.24) is 14.6 Å². The molecule has 5 nitrogen and oxygen atoms in total.